The van der Waals surface area contributed by atoms with Gasteiger partial charge in [0.1, 0.15) is 0 Å². The minimum absolute atomic E-state index is 0.113. The van der Waals surface area contributed by atoms with Gasteiger partial charge in [0.15, 0.2) is 0 Å². The number of aromatic carboxylic acids is 1. The molecule has 1 fully saturated rings. The fourth-order valence-electron chi connectivity index (χ4n) is 3.77. The normalized spacial score (nSPS) is 14.0. The third-order valence-corrected chi connectivity index (χ3v) is 5.25. The number of carboxylic acids is 1. The summed E-state index contributed by atoms with van der Waals surface area (Å²) in [6.45, 7) is 6.64. The molecule has 0 atom stereocenters. The molecular weight excluding hydrogens is 352 g/mol. The van der Waals surface area contributed by atoms with Crippen LogP contribution in [0, 0.1) is 6.92 Å². The Balaban J connectivity index is 1.86. The maximum absolute atomic E-state index is 12.8. The van der Waals surface area contributed by atoms with Crippen LogP contribution < -0.4 is 4.90 Å². The van der Waals surface area contributed by atoms with Crippen LogP contribution in [-0.4, -0.2) is 41.5 Å². The van der Waals surface area contributed by atoms with Crippen LogP contribution in [0.15, 0.2) is 42.5 Å². The highest BCUT2D eigenvalue weighted by atomic mass is 16.4. The summed E-state index contributed by atoms with van der Waals surface area (Å²) >= 11 is 0. The zero-order valence-corrected chi connectivity index (χ0v) is 16.6. The Kier molecular flexibility index (Phi) is 6.34. The van der Waals surface area contributed by atoms with Crippen LogP contribution in [0.25, 0.3) is 0 Å². The first-order valence-electron chi connectivity index (χ1n) is 10.0. The zero-order chi connectivity index (χ0) is 20.1. The Hall–Kier alpha value is -2.82. The topological polar surface area (TPSA) is 60.9 Å². The Bertz CT molecular complexity index is 839. The lowest BCUT2D eigenvalue weighted by Crippen LogP contribution is -2.35. The second-order valence-electron chi connectivity index (χ2n) is 7.36. The standard InChI is InChI=1S/C23H28N2O3/c1-3-13-25(20-10-7-18(8-11-20)23(27)28)21-12-9-19(16-17(21)2)22(26)24-14-5-4-6-15-24/h7-12,16H,3-6,13-15H2,1-2H3,(H,27,28). The van der Waals surface area contributed by atoms with E-state index in [4.69, 9.17) is 5.11 Å². The first kappa shape index (κ1) is 19.9. The van der Waals surface area contributed by atoms with Crippen LogP contribution >= 0.6 is 0 Å². The molecule has 2 aromatic carbocycles. The number of likely N-dealkylation sites (tertiary alicyclic amines) is 1. The van der Waals surface area contributed by atoms with Crippen molar-refractivity contribution in [3.05, 3.63) is 59.2 Å². The number of anilines is 2. The molecule has 1 N–H and O–H groups in total. The third kappa shape index (κ3) is 4.35. The monoisotopic (exact) mass is 380 g/mol. The number of hydrogen-bond acceptors (Lipinski definition) is 3. The van der Waals surface area contributed by atoms with E-state index in [0.717, 1.165) is 61.4 Å². The lowest BCUT2D eigenvalue weighted by molar-refractivity contribution is 0.0694. The van der Waals surface area contributed by atoms with E-state index in [0.29, 0.717) is 0 Å². The van der Waals surface area contributed by atoms with E-state index in [9.17, 15) is 9.59 Å². The quantitative estimate of drug-likeness (QED) is 0.777. The average molecular weight is 380 g/mol. The van der Waals surface area contributed by atoms with Crippen molar-refractivity contribution in [1.29, 1.82) is 0 Å². The molecule has 5 heteroatoms. The van der Waals surface area contributed by atoms with Crippen molar-refractivity contribution in [1.82, 2.24) is 4.90 Å². The van der Waals surface area contributed by atoms with Gasteiger partial charge in [-0.15, -0.1) is 0 Å². The van der Waals surface area contributed by atoms with E-state index in [1.807, 2.05) is 42.2 Å². The summed E-state index contributed by atoms with van der Waals surface area (Å²) < 4.78 is 0. The molecule has 1 amide bonds. The third-order valence-electron chi connectivity index (χ3n) is 5.25. The van der Waals surface area contributed by atoms with Crippen molar-refractivity contribution in [3.8, 4) is 0 Å². The molecule has 0 spiro atoms. The van der Waals surface area contributed by atoms with E-state index in [-0.39, 0.29) is 11.5 Å². The molecule has 1 aliphatic heterocycles. The maximum Gasteiger partial charge on any atom is 0.335 e. The second-order valence-corrected chi connectivity index (χ2v) is 7.36. The second kappa shape index (κ2) is 8.91. The highest BCUT2D eigenvalue weighted by molar-refractivity contribution is 5.95. The number of carboxylic acid groups (broad SMARTS) is 1. The lowest BCUT2D eigenvalue weighted by atomic mass is 10.0. The summed E-state index contributed by atoms with van der Waals surface area (Å²) in [4.78, 5) is 28.0. The highest BCUT2D eigenvalue weighted by Gasteiger charge is 2.20. The molecule has 0 saturated carbocycles. The molecule has 1 aliphatic rings. The molecule has 2 aromatic rings. The predicted octanol–water partition coefficient (Wildman–Crippen LogP) is 4.87. The van der Waals surface area contributed by atoms with Gasteiger partial charge in [-0.05, 0) is 80.6 Å². The summed E-state index contributed by atoms with van der Waals surface area (Å²) in [5, 5.41) is 9.12. The number of rotatable bonds is 6. The van der Waals surface area contributed by atoms with Gasteiger partial charge in [0.25, 0.3) is 5.91 Å². The molecule has 0 aliphatic carbocycles. The molecule has 1 saturated heterocycles. The molecule has 148 valence electrons. The molecule has 5 nitrogen and oxygen atoms in total. The summed E-state index contributed by atoms with van der Waals surface area (Å²) in [6.07, 6.45) is 4.32. The number of nitrogens with zero attached hydrogens (tertiary/aromatic N) is 2. The minimum Gasteiger partial charge on any atom is -0.478 e. The number of benzene rings is 2. The van der Waals surface area contributed by atoms with E-state index in [1.54, 1.807) is 12.1 Å². The van der Waals surface area contributed by atoms with Crippen LogP contribution in [-0.2, 0) is 0 Å². The molecule has 3 rings (SSSR count). The number of piperidine rings is 1. The Morgan fingerprint density at radius 2 is 1.64 bits per heavy atom. The molecule has 28 heavy (non-hydrogen) atoms. The Morgan fingerprint density at radius 3 is 2.21 bits per heavy atom. The number of carbonyl (C=O) groups excluding carboxylic acids is 1. The SMILES string of the molecule is CCCN(c1ccc(C(=O)O)cc1)c1ccc(C(=O)N2CCCCC2)cc1C. The van der Waals surface area contributed by atoms with Gasteiger partial charge in [-0.25, -0.2) is 4.79 Å². The summed E-state index contributed by atoms with van der Waals surface area (Å²) in [6, 6.07) is 12.8. The molecular formula is C23H28N2O3. The van der Waals surface area contributed by atoms with Crippen molar-refractivity contribution in [2.45, 2.75) is 39.5 Å². The number of amides is 1. The van der Waals surface area contributed by atoms with Crippen LogP contribution in [0.4, 0.5) is 11.4 Å². The van der Waals surface area contributed by atoms with Crippen molar-refractivity contribution < 1.29 is 14.7 Å². The van der Waals surface area contributed by atoms with Gasteiger partial charge in [0.05, 0.1) is 5.56 Å². The predicted molar refractivity (Wildman–Crippen MR) is 112 cm³/mol. The number of hydrogen-bond donors (Lipinski definition) is 1. The lowest BCUT2D eigenvalue weighted by Gasteiger charge is -2.29. The summed E-state index contributed by atoms with van der Waals surface area (Å²) in [5.41, 5.74) is 4.05. The van der Waals surface area contributed by atoms with Gasteiger partial charge in [0.2, 0.25) is 0 Å². The highest BCUT2D eigenvalue weighted by Crippen LogP contribution is 2.30. The molecule has 1 heterocycles. The fourth-order valence-corrected chi connectivity index (χ4v) is 3.77. The number of aryl methyl sites for hydroxylation is 1. The van der Waals surface area contributed by atoms with E-state index >= 15 is 0 Å². The maximum atomic E-state index is 12.8. The zero-order valence-electron chi connectivity index (χ0n) is 16.6. The van der Waals surface area contributed by atoms with Crippen LogP contribution in [0.1, 0.15) is 58.9 Å². The first-order chi connectivity index (χ1) is 13.5. The van der Waals surface area contributed by atoms with Crippen molar-refractivity contribution in [2.75, 3.05) is 24.5 Å². The van der Waals surface area contributed by atoms with Crippen LogP contribution in [0.3, 0.4) is 0 Å². The van der Waals surface area contributed by atoms with Gasteiger partial charge in [-0.3, -0.25) is 4.79 Å². The summed E-state index contributed by atoms with van der Waals surface area (Å²) in [7, 11) is 0. The van der Waals surface area contributed by atoms with Gasteiger partial charge in [-0.1, -0.05) is 6.92 Å². The van der Waals surface area contributed by atoms with Crippen molar-refractivity contribution in [2.24, 2.45) is 0 Å². The average Bonchev–Trinajstić information content (AvgIpc) is 2.72. The van der Waals surface area contributed by atoms with Crippen molar-refractivity contribution >= 4 is 23.3 Å². The van der Waals surface area contributed by atoms with Crippen LogP contribution in [0.5, 0.6) is 0 Å². The summed E-state index contributed by atoms with van der Waals surface area (Å²) in [5.74, 6) is -0.812. The Morgan fingerprint density at radius 1 is 1.00 bits per heavy atom. The van der Waals surface area contributed by atoms with Crippen LogP contribution in [0.2, 0.25) is 0 Å². The van der Waals surface area contributed by atoms with Crippen molar-refractivity contribution in [3.63, 3.8) is 0 Å². The number of carbonyl (C=O) groups is 2. The smallest absolute Gasteiger partial charge is 0.335 e. The van der Waals surface area contributed by atoms with Gasteiger partial charge in [0, 0.05) is 36.6 Å². The van der Waals surface area contributed by atoms with Gasteiger partial charge >= 0.3 is 5.97 Å². The van der Waals surface area contributed by atoms with E-state index in [1.165, 1.54) is 6.42 Å². The minimum atomic E-state index is -0.926. The van der Waals surface area contributed by atoms with Gasteiger partial charge < -0.3 is 14.9 Å². The molecule has 0 bridgehead atoms. The fraction of sp³-hybridized carbons (Fsp3) is 0.391. The largest absolute Gasteiger partial charge is 0.478 e. The molecule has 0 aromatic heterocycles. The molecule has 0 radical (unpaired) electrons. The van der Waals surface area contributed by atoms with E-state index < -0.39 is 5.97 Å². The molecule has 0 unspecified atom stereocenters. The Labute approximate surface area is 166 Å². The van der Waals surface area contributed by atoms with E-state index in [2.05, 4.69) is 11.8 Å². The van der Waals surface area contributed by atoms with Gasteiger partial charge in [-0.2, -0.15) is 0 Å². The first-order valence-corrected chi connectivity index (χ1v) is 10.0.